The number of benzene rings is 1. The van der Waals surface area contributed by atoms with Gasteiger partial charge in [-0.3, -0.25) is 4.90 Å². The van der Waals surface area contributed by atoms with E-state index in [2.05, 4.69) is 0 Å². The molecule has 1 heterocycles. The smallest absolute Gasteiger partial charge is 0.328 e. The van der Waals surface area contributed by atoms with Crippen molar-refractivity contribution in [1.29, 1.82) is 0 Å². The minimum Gasteiger partial charge on any atom is -0.480 e. The average Bonchev–Trinajstić information content (AvgIpc) is 2.39. The van der Waals surface area contributed by atoms with Crippen molar-refractivity contribution in [1.82, 2.24) is 4.90 Å². The summed E-state index contributed by atoms with van der Waals surface area (Å²) in [6.07, 6.45) is 0. The number of carboxylic acid groups (broad SMARTS) is 1. The molecule has 2 rings (SSSR count). The number of aliphatic carboxylic acids is 1. The predicted octanol–water partition coefficient (Wildman–Crippen LogP) is 1.32. The summed E-state index contributed by atoms with van der Waals surface area (Å²) < 4.78 is 5.28. The maximum Gasteiger partial charge on any atom is 0.328 e. The fourth-order valence-corrected chi connectivity index (χ4v) is 2.21. The zero-order chi connectivity index (χ0) is 12.3. The number of hydrogen-bond acceptors (Lipinski definition) is 3. The van der Waals surface area contributed by atoms with Crippen molar-refractivity contribution in [2.75, 3.05) is 26.3 Å². The SMILES string of the molecule is C[C@](C(=O)O)(c1ccccc1)N1CCOCC1. The fourth-order valence-electron chi connectivity index (χ4n) is 2.21. The van der Waals surface area contributed by atoms with E-state index in [1.165, 1.54) is 0 Å². The maximum atomic E-state index is 11.6. The summed E-state index contributed by atoms with van der Waals surface area (Å²) in [6, 6.07) is 9.37. The summed E-state index contributed by atoms with van der Waals surface area (Å²) in [7, 11) is 0. The summed E-state index contributed by atoms with van der Waals surface area (Å²) in [5, 5.41) is 9.56. The van der Waals surface area contributed by atoms with Crippen LogP contribution in [-0.4, -0.2) is 42.3 Å². The highest BCUT2D eigenvalue weighted by atomic mass is 16.5. The van der Waals surface area contributed by atoms with Crippen LogP contribution in [0.25, 0.3) is 0 Å². The molecule has 1 fully saturated rings. The van der Waals surface area contributed by atoms with Gasteiger partial charge in [0.25, 0.3) is 0 Å². The van der Waals surface area contributed by atoms with Crippen molar-refractivity contribution < 1.29 is 14.6 Å². The summed E-state index contributed by atoms with van der Waals surface area (Å²) in [6.45, 7) is 4.25. The zero-order valence-corrected chi connectivity index (χ0v) is 9.93. The minimum atomic E-state index is -0.967. The number of rotatable bonds is 3. The van der Waals surface area contributed by atoms with E-state index in [0.29, 0.717) is 26.3 Å². The van der Waals surface area contributed by atoms with Crippen molar-refractivity contribution in [3.05, 3.63) is 35.9 Å². The molecule has 4 heteroatoms. The van der Waals surface area contributed by atoms with E-state index in [1.807, 2.05) is 35.2 Å². The lowest BCUT2D eigenvalue weighted by molar-refractivity contribution is -0.154. The monoisotopic (exact) mass is 235 g/mol. The standard InChI is InChI=1S/C13H17NO3/c1-13(12(15)16,11-5-3-2-4-6-11)14-7-9-17-10-8-14/h2-6H,7-10H2,1H3,(H,15,16)/t13-/m1/s1. The van der Waals surface area contributed by atoms with Gasteiger partial charge in [0.05, 0.1) is 13.2 Å². The largest absolute Gasteiger partial charge is 0.480 e. The number of carbonyl (C=O) groups is 1. The maximum absolute atomic E-state index is 11.6. The van der Waals surface area contributed by atoms with Gasteiger partial charge >= 0.3 is 5.97 Å². The van der Waals surface area contributed by atoms with Gasteiger partial charge < -0.3 is 9.84 Å². The third-order valence-electron chi connectivity index (χ3n) is 3.40. The first kappa shape index (κ1) is 12.1. The van der Waals surface area contributed by atoms with E-state index in [9.17, 15) is 9.90 Å². The Morgan fingerprint density at radius 1 is 1.29 bits per heavy atom. The van der Waals surface area contributed by atoms with E-state index >= 15 is 0 Å². The van der Waals surface area contributed by atoms with Crippen molar-refractivity contribution >= 4 is 5.97 Å². The van der Waals surface area contributed by atoms with Gasteiger partial charge in [-0.15, -0.1) is 0 Å². The first-order valence-electron chi connectivity index (χ1n) is 5.77. The minimum absolute atomic E-state index is 0.593. The second kappa shape index (κ2) is 4.85. The third kappa shape index (κ3) is 2.18. The van der Waals surface area contributed by atoms with Crippen LogP contribution in [0.5, 0.6) is 0 Å². The van der Waals surface area contributed by atoms with Gasteiger partial charge in [0.1, 0.15) is 5.54 Å². The van der Waals surface area contributed by atoms with Gasteiger partial charge in [-0.2, -0.15) is 0 Å². The summed E-state index contributed by atoms with van der Waals surface area (Å²) in [5.41, 5.74) is -0.153. The molecule has 0 radical (unpaired) electrons. The first-order valence-corrected chi connectivity index (χ1v) is 5.77. The fraction of sp³-hybridized carbons (Fsp3) is 0.462. The topological polar surface area (TPSA) is 49.8 Å². The first-order chi connectivity index (χ1) is 8.15. The summed E-state index contributed by atoms with van der Waals surface area (Å²) in [4.78, 5) is 13.6. The number of carboxylic acids is 1. The Kier molecular flexibility index (Phi) is 3.45. The molecular formula is C13H17NO3. The Morgan fingerprint density at radius 2 is 1.88 bits per heavy atom. The van der Waals surface area contributed by atoms with Crippen molar-refractivity contribution in [3.8, 4) is 0 Å². The second-order valence-corrected chi connectivity index (χ2v) is 4.34. The van der Waals surface area contributed by atoms with Crippen LogP contribution in [-0.2, 0) is 15.1 Å². The van der Waals surface area contributed by atoms with Crippen LogP contribution < -0.4 is 0 Å². The number of hydrogen-bond donors (Lipinski definition) is 1. The number of morpholine rings is 1. The van der Waals surface area contributed by atoms with Crippen LogP contribution in [0.1, 0.15) is 12.5 Å². The molecule has 1 aliphatic rings. The Morgan fingerprint density at radius 3 is 2.41 bits per heavy atom. The molecule has 0 unspecified atom stereocenters. The molecular weight excluding hydrogens is 218 g/mol. The van der Waals surface area contributed by atoms with Gasteiger partial charge in [-0.25, -0.2) is 4.79 Å². The van der Waals surface area contributed by atoms with Crippen LogP contribution >= 0.6 is 0 Å². The van der Waals surface area contributed by atoms with E-state index in [-0.39, 0.29) is 0 Å². The van der Waals surface area contributed by atoms with E-state index < -0.39 is 11.5 Å². The van der Waals surface area contributed by atoms with Gasteiger partial charge in [0, 0.05) is 13.1 Å². The van der Waals surface area contributed by atoms with Crippen LogP contribution in [0.2, 0.25) is 0 Å². The van der Waals surface area contributed by atoms with Crippen LogP contribution in [0.4, 0.5) is 0 Å². The molecule has 0 aromatic heterocycles. The highest BCUT2D eigenvalue weighted by Gasteiger charge is 2.41. The lowest BCUT2D eigenvalue weighted by Gasteiger charge is -2.40. The quantitative estimate of drug-likeness (QED) is 0.858. The molecule has 1 atom stereocenters. The molecule has 1 aliphatic heterocycles. The molecule has 1 aromatic carbocycles. The molecule has 17 heavy (non-hydrogen) atoms. The molecule has 0 bridgehead atoms. The van der Waals surface area contributed by atoms with Crippen molar-refractivity contribution in [2.45, 2.75) is 12.5 Å². The van der Waals surface area contributed by atoms with E-state index in [0.717, 1.165) is 5.56 Å². The molecule has 1 N–H and O–H groups in total. The molecule has 92 valence electrons. The van der Waals surface area contributed by atoms with Crippen LogP contribution in [0, 0.1) is 0 Å². The van der Waals surface area contributed by atoms with Crippen molar-refractivity contribution in [3.63, 3.8) is 0 Å². The molecule has 0 amide bonds. The molecule has 0 aliphatic carbocycles. The second-order valence-electron chi connectivity index (χ2n) is 4.34. The van der Waals surface area contributed by atoms with Gasteiger partial charge in [-0.1, -0.05) is 30.3 Å². The zero-order valence-electron chi connectivity index (χ0n) is 9.93. The highest BCUT2D eigenvalue weighted by Crippen LogP contribution is 2.29. The molecule has 4 nitrogen and oxygen atoms in total. The Bertz CT molecular complexity index is 387. The van der Waals surface area contributed by atoms with Crippen LogP contribution in [0.3, 0.4) is 0 Å². The van der Waals surface area contributed by atoms with Crippen molar-refractivity contribution in [2.24, 2.45) is 0 Å². The summed E-state index contributed by atoms with van der Waals surface area (Å²) >= 11 is 0. The lowest BCUT2D eigenvalue weighted by Crippen LogP contribution is -2.54. The number of nitrogens with zero attached hydrogens (tertiary/aromatic N) is 1. The number of ether oxygens (including phenoxy) is 1. The lowest BCUT2D eigenvalue weighted by atomic mass is 9.89. The van der Waals surface area contributed by atoms with Gasteiger partial charge in [0.15, 0.2) is 0 Å². The molecule has 1 aromatic rings. The van der Waals surface area contributed by atoms with Gasteiger partial charge in [0.2, 0.25) is 0 Å². The molecule has 0 saturated carbocycles. The normalized spacial score (nSPS) is 20.8. The van der Waals surface area contributed by atoms with Crippen LogP contribution in [0.15, 0.2) is 30.3 Å². The Balaban J connectivity index is 2.35. The Labute approximate surface area is 101 Å². The molecule has 1 saturated heterocycles. The van der Waals surface area contributed by atoms with E-state index in [4.69, 9.17) is 4.74 Å². The van der Waals surface area contributed by atoms with E-state index in [1.54, 1.807) is 6.92 Å². The Hall–Kier alpha value is -1.39. The van der Waals surface area contributed by atoms with Gasteiger partial charge in [-0.05, 0) is 12.5 Å². The molecule has 0 spiro atoms. The third-order valence-corrected chi connectivity index (χ3v) is 3.40. The average molecular weight is 235 g/mol. The predicted molar refractivity (Wildman–Crippen MR) is 63.8 cm³/mol. The summed E-state index contributed by atoms with van der Waals surface area (Å²) in [5.74, 6) is -0.814. The highest BCUT2D eigenvalue weighted by molar-refractivity contribution is 5.80.